The second-order valence-electron chi connectivity index (χ2n) is 9.95. The Morgan fingerprint density at radius 2 is 1.00 bits per heavy atom. The van der Waals surface area contributed by atoms with Crippen molar-refractivity contribution in [1.29, 1.82) is 0 Å². The van der Waals surface area contributed by atoms with Gasteiger partial charge in [0.2, 0.25) is 0 Å². The quantitative estimate of drug-likeness (QED) is 0.100. The van der Waals surface area contributed by atoms with Crippen LogP contribution in [-0.4, -0.2) is 27.0 Å². The summed E-state index contributed by atoms with van der Waals surface area (Å²) in [6.45, 7) is 2.76. The van der Waals surface area contributed by atoms with Crippen molar-refractivity contribution >= 4 is 0 Å². The molecule has 0 amide bonds. The van der Waals surface area contributed by atoms with Crippen LogP contribution in [0.1, 0.15) is 36.5 Å². The van der Waals surface area contributed by atoms with Crippen molar-refractivity contribution in [3.05, 3.63) is 132 Å². The van der Waals surface area contributed by atoms with Crippen LogP contribution in [0.4, 0.5) is 0 Å². The second kappa shape index (κ2) is 11.6. The van der Waals surface area contributed by atoms with Gasteiger partial charge in [-0.3, -0.25) is 5.32 Å². The maximum absolute atomic E-state index is 11.5. The number of rotatable bonds is 9. The molecule has 0 aliphatic heterocycles. The SMILES string of the molecule is CCCCNC(c1ccccc1)(c1cc(-c2ccc(O)cc2)ccc1O)c1cc(-c2ccc(O)cc2)ccc1O. The molecule has 0 bridgehead atoms. The van der Waals surface area contributed by atoms with E-state index in [-0.39, 0.29) is 23.0 Å². The van der Waals surface area contributed by atoms with Gasteiger partial charge < -0.3 is 20.4 Å². The third kappa shape index (κ3) is 5.24. The highest BCUT2D eigenvalue weighted by Crippen LogP contribution is 2.46. The van der Waals surface area contributed by atoms with E-state index in [1.54, 1.807) is 36.4 Å². The highest BCUT2D eigenvalue weighted by atomic mass is 16.3. The second-order valence-corrected chi connectivity index (χ2v) is 9.95. The lowest BCUT2D eigenvalue weighted by Gasteiger charge is -2.38. The zero-order valence-electron chi connectivity index (χ0n) is 22.4. The molecule has 0 saturated carbocycles. The van der Waals surface area contributed by atoms with Gasteiger partial charge in [-0.25, -0.2) is 0 Å². The lowest BCUT2D eigenvalue weighted by atomic mass is 9.74. The summed E-state index contributed by atoms with van der Waals surface area (Å²) in [6.07, 6.45) is 1.86. The molecule has 5 rings (SSSR count). The predicted molar refractivity (Wildman–Crippen MR) is 160 cm³/mol. The van der Waals surface area contributed by atoms with Gasteiger partial charge in [-0.05, 0) is 89.3 Å². The molecule has 0 fully saturated rings. The van der Waals surface area contributed by atoms with Gasteiger partial charge in [-0.1, -0.05) is 80.1 Å². The summed E-state index contributed by atoms with van der Waals surface area (Å²) in [4.78, 5) is 0. The topological polar surface area (TPSA) is 93.0 Å². The van der Waals surface area contributed by atoms with Crippen molar-refractivity contribution in [1.82, 2.24) is 5.32 Å². The van der Waals surface area contributed by atoms with Gasteiger partial charge in [0.1, 0.15) is 28.5 Å². The molecule has 0 aromatic heterocycles. The Bertz CT molecular complexity index is 1480. The molecule has 0 spiro atoms. The van der Waals surface area contributed by atoms with E-state index in [0.717, 1.165) is 40.7 Å². The first-order chi connectivity index (χ1) is 19.4. The van der Waals surface area contributed by atoms with Crippen LogP contribution in [-0.2, 0) is 5.54 Å². The Hall–Kier alpha value is -4.74. The number of nitrogens with one attached hydrogen (secondary N) is 1. The average Bonchev–Trinajstić information content (AvgIpc) is 2.98. The summed E-state index contributed by atoms with van der Waals surface area (Å²) in [6, 6.07) is 34.7. The van der Waals surface area contributed by atoms with Crippen molar-refractivity contribution in [3.8, 4) is 45.3 Å². The first-order valence-corrected chi connectivity index (χ1v) is 13.5. The van der Waals surface area contributed by atoms with E-state index in [9.17, 15) is 20.4 Å². The fourth-order valence-corrected chi connectivity index (χ4v) is 5.23. The zero-order valence-corrected chi connectivity index (χ0v) is 22.4. The van der Waals surface area contributed by atoms with E-state index in [4.69, 9.17) is 0 Å². The van der Waals surface area contributed by atoms with Gasteiger partial charge in [-0.15, -0.1) is 0 Å². The molecule has 5 nitrogen and oxygen atoms in total. The molecule has 5 N–H and O–H groups in total. The third-order valence-corrected chi connectivity index (χ3v) is 7.33. The first kappa shape index (κ1) is 26.9. The smallest absolute Gasteiger partial charge is 0.121 e. The highest BCUT2D eigenvalue weighted by molar-refractivity contribution is 5.72. The van der Waals surface area contributed by atoms with Crippen LogP contribution < -0.4 is 5.32 Å². The fourth-order valence-electron chi connectivity index (χ4n) is 5.23. The maximum atomic E-state index is 11.5. The van der Waals surface area contributed by atoms with Crippen molar-refractivity contribution in [3.63, 3.8) is 0 Å². The Labute approximate surface area is 234 Å². The summed E-state index contributed by atoms with van der Waals surface area (Å²) < 4.78 is 0. The molecule has 0 heterocycles. The fraction of sp³-hybridized carbons (Fsp3) is 0.143. The molecule has 0 aliphatic rings. The molecule has 5 aromatic rings. The number of hydrogen-bond donors (Lipinski definition) is 5. The number of phenols is 4. The average molecular weight is 532 g/mol. The van der Waals surface area contributed by atoms with Gasteiger partial charge >= 0.3 is 0 Å². The van der Waals surface area contributed by atoms with Crippen LogP contribution in [0.15, 0.2) is 115 Å². The molecule has 0 aliphatic carbocycles. The summed E-state index contributed by atoms with van der Waals surface area (Å²) in [5, 5.41) is 46.3. The van der Waals surface area contributed by atoms with E-state index in [2.05, 4.69) is 12.2 Å². The lowest BCUT2D eigenvalue weighted by Crippen LogP contribution is -2.45. The van der Waals surface area contributed by atoms with E-state index in [1.807, 2.05) is 78.9 Å². The van der Waals surface area contributed by atoms with Crippen LogP contribution in [0.25, 0.3) is 22.3 Å². The molecule has 40 heavy (non-hydrogen) atoms. The summed E-state index contributed by atoms with van der Waals surface area (Å²) in [5.74, 6) is 0.534. The highest BCUT2D eigenvalue weighted by Gasteiger charge is 2.40. The van der Waals surface area contributed by atoms with Crippen molar-refractivity contribution < 1.29 is 20.4 Å². The molecule has 5 heteroatoms. The number of aromatic hydroxyl groups is 4. The minimum absolute atomic E-state index is 0.0878. The van der Waals surface area contributed by atoms with E-state index in [1.165, 1.54) is 0 Å². The number of hydrogen-bond acceptors (Lipinski definition) is 5. The summed E-state index contributed by atoms with van der Waals surface area (Å²) in [5.41, 5.74) is 4.44. The standard InChI is InChI=1S/C35H33NO4/c1-2-3-21-36-35(28-7-5-4-6-8-28,31-22-26(13-19-33(31)39)24-9-15-29(37)16-10-24)32-23-27(14-20-34(32)40)25-11-17-30(38)18-12-25/h4-20,22-23,36-40H,2-3,21H2,1H3. The number of unbranched alkanes of at least 4 members (excludes halogenated alkanes) is 1. The van der Waals surface area contributed by atoms with Gasteiger partial charge in [0.25, 0.3) is 0 Å². The van der Waals surface area contributed by atoms with Gasteiger partial charge in [-0.2, -0.15) is 0 Å². The Balaban J connectivity index is 1.80. The van der Waals surface area contributed by atoms with Crippen LogP contribution in [0.3, 0.4) is 0 Å². The first-order valence-electron chi connectivity index (χ1n) is 13.5. The van der Waals surface area contributed by atoms with E-state index >= 15 is 0 Å². The van der Waals surface area contributed by atoms with Crippen LogP contribution >= 0.6 is 0 Å². The minimum Gasteiger partial charge on any atom is -0.508 e. The largest absolute Gasteiger partial charge is 0.508 e. The molecular weight excluding hydrogens is 498 g/mol. The molecule has 0 unspecified atom stereocenters. The normalized spacial score (nSPS) is 11.4. The molecule has 5 aromatic carbocycles. The van der Waals surface area contributed by atoms with Crippen molar-refractivity contribution in [2.75, 3.05) is 6.54 Å². The Kier molecular flexibility index (Phi) is 7.76. The van der Waals surface area contributed by atoms with Gasteiger partial charge in [0.15, 0.2) is 0 Å². The Morgan fingerprint density at radius 1 is 0.550 bits per heavy atom. The zero-order chi connectivity index (χ0) is 28.1. The van der Waals surface area contributed by atoms with Crippen molar-refractivity contribution in [2.45, 2.75) is 25.3 Å². The Morgan fingerprint density at radius 3 is 1.45 bits per heavy atom. The van der Waals surface area contributed by atoms with Crippen LogP contribution in [0, 0.1) is 0 Å². The summed E-state index contributed by atoms with van der Waals surface area (Å²) in [7, 11) is 0. The van der Waals surface area contributed by atoms with Gasteiger partial charge in [0, 0.05) is 11.1 Å². The van der Waals surface area contributed by atoms with Crippen molar-refractivity contribution in [2.24, 2.45) is 0 Å². The molecular formula is C35H33NO4. The molecule has 0 saturated heterocycles. The van der Waals surface area contributed by atoms with Gasteiger partial charge in [0.05, 0.1) is 0 Å². The summed E-state index contributed by atoms with van der Waals surface area (Å²) >= 11 is 0. The van der Waals surface area contributed by atoms with Crippen LogP contribution in [0.5, 0.6) is 23.0 Å². The molecule has 0 atom stereocenters. The van der Waals surface area contributed by atoms with E-state index < -0.39 is 5.54 Å². The predicted octanol–water partition coefficient (Wildman–Crippen LogP) is 7.52. The van der Waals surface area contributed by atoms with E-state index in [0.29, 0.717) is 17.7 Å². The number of phenolic OH excluding ortho intramolecular Hbond substituents is 4. The van der Waals surface area contributed by atoms with Crippen LogP contribution in [0.2, 0.25) is 0 Å². The number of benzene rings is 5. The molecule has 0 radical (unpaired) electrons. The molecule has 202 valence electrons. The third-order valence-electron chi connectivity index (χ3n) is 7.33. The minimum atomic E-state index is -1.11. The monoisotopic (exact) mass is 531 g/mol. The maximum Gasteiger partial charge on any atom is 0.121 e. The lowest BCUT2D eigenvalue weighted by molar-refractivity contribution is 0.397.